The quantitative estimate of drug-likeness (QED) is 0.151. The number of nitrogens with one attached hydrogen (secondary N) is 4. The molecule has 0 aliphatic carbocycles. The molecule has 0 saturated heterocycles. The van der Waals surface area contributed by atoms with E-state index in [1.165, 1.54) is 12.5 Å². The Morgan fingerprint density at radius 1 is 0.974 bits per heavy atom. The minimum atomic E-state index is -1.47. The Hall–Kier alpha value is -4.26. The van der Waals surface area contributed by atoms with Crippen LogP contribution in [0.15, 0.2) is 42.9 Å². The van der Waals surface area contributed by atoms with E-state index in [4.69, 9.17) is 11.5 Å². The van der Waals surface area contributed by atoms with E-state index >= 15 is 0 Å². The maximum Gasteiger partial charge on any atom is 0.326 e. The van der Waals surface area contributed by atoms with Gasteiger partial charge >= 0.3 is 5.97 Å². The standard InChI is InChI=1S/C25H35N7O6/c1-3-14(2)21(25(37)38)32-24(36)19(11-20(27)33)31-23(35)18(10-16-12-28-13-29-16)30-22(34)17(26)9-15-7-5-4-6-8-15/h4-8,12-14,17-19,21H,3,9-11,26H2,1-2H3,(H2,27,33)(H,28,29)(H,30,34)(H,31,35)(H,32,36)(H,37,38). The number of carboxylic acids is 1. The van der Waals surface area contributed by atoms with Crippen LogP contribution in [-0.2, 0) is 36.8 Å². The van der Waals surface area contributed by atoms with Crippen molar-refractivity contribution in [2.75, 3.05) is 0 Å². The molecule has 5 atom stereocenters. The number of benzene rings is 1. The van der Waals surface area contributed by atoms with Crippen molar-refractivity contribution in [1.29, 1.82) is 0 Å². The van der Waals surface area contributed by atoms with Crippen molar-refractivity contribution in [3.05, 3.63) is 54.1 Å². The number of imidazole rings is 1. The van der Waals surface area contributed by atoms with E-state index in [1.807, 2.05) is 30.3 Å². The molecular formula is C25H35N7O6. The summed E-state index contributed by atoms with van der Waals surface area (Å²) in [6.45, 7) is 3.41. The number of carbonyl (C=O) groups excluding carboxylic acids is 4. The number of nitrogens with two attached hydrogens (primary N) is 2. The van der Waals surface area contributed by atoms with Crippen molar-refractivity contribution < 1.29 is 29.1 Å². The summed E-state index contributed by atoms with van der Waals surface area (Å²) in [4.78, 5) is 69.0. The van der Waals surface area contributed by atoms with Gasteiger partial charge in [0.2, 0.25) is 23.6 Å². The second-order valence-electron chi connectivity index (χ2n) is 9.08. The predicted molar refractivity (Wildman–Crippen MR) is 137 cm³/mol. The average Bonchev–Trinajstić information content (AvgIpc) is 3.39. The second kappa shape index (κ2) is 14.5. The maximum absolute atomic E-state index is 13.2. The summed E-state index contributed by atoms with van der Waals surface area (Å²) in [6, 6.07) is 4.23. The molecule has 9 N–H and O–H groups in total. The third-order valence-corrected chi connectivity index (χ3v) is 6.06. The maximum atomic E-state index is 13.2. The highest BCUT2D eigenvalue weighted by Gasteiger charge is 2.33. The molecule has 1 aromatic carbocycles. The van der Waals surface area contributed by atoms with Gasteiger partial charge in [0.1, 0.15) is 18.1 Å². The fourth-order valence-corrected chi connectivity index (χ4v) is 3.68. The molecule has 2 rings (SSSR count). The first-order chi connectivity index (χ1) is 18.0. The van der Waals surface area contributed by atoms with Crippen molar-refractivity contribution in [3.8, 4) is 0 Å². The SMILES string of the molecule is CCC(C)C(NC(=O)C(CC(N)=O)NC(=O)C(Cc1cnc[nH]1)NC(=O)C(N)Cc1ccccc1)C(=O)O. The normalized spacial score (nSPS) is 14.8. The van der Waals surface area contributed by atoms with Crippen molar-refractivity contribution >= 4 is 29.6 Å². The molecule has 0 fully saturated rings. The molecule has 4 amide bonds. The van der Waals surface area contributed by atoms with Gasteiger partial charge in [-0.3, -0.25) is 19.2 Å². The number of rotatable bonds is 15. The Morgan fingerprint density at radius 3 is 2.16 bits per heavy atom. The van der Waals surface area contributed by atoms with Crippen LogP contribution in [0.1, 0.15) is 37.9 Å². The third kappa shape index (κ3) is 9.32. The number of H-pyrrole nitrogens is 1. The van der Waals surface area contributed by atoms with E-state index in [0.29, 0.717) is 12.1 Å². The van der Waals surface area contributed by atoms with Crippen LogP contribution >= 0.6 is 0 Å². The zero-order valence-electron chi connectivity index (χ0n) is 21.3. The molecule has 0 spiro atoms. The minimum Gasteiger partial charge on any atom is -0.480 e. The van der Waals surface area contributed by atoms with Gasteiger partial charge in [-0.15, -0.1) is 0 Å². The molecule has 2 aromatic rings. The first kappa shape index (κ1) is 30.0. The number of aliphatic carboxylic acids is 1. The fraction of sp³-hybridized carbons (Fsp3) is 0.440. The number of aromatic nitrogens is 2. The van der Waals surface area contributed by atoms with Crippen LogP contribution in [0.25, 0.3) is 0 Å². The number of aromatic amines is 1. The van der Waals surface area contributed by atoms with Gasteiger partial charge in [0.05, 0.1) is 18.8 Å². The molecule has 1 aromatic heterocycles. The number of carboxylic acid groups (broad SMARTS) is 1. The number of amides is 4. The molecule has 5 unspecified atom stereocenters. The van der Waals surface area contributed by atoms with E-state index in [1.54, 1.807) is 13.8 Å². The van der Waals surface area contributed by atoms with Gasteiger partial charge in [0.15, 0.2) is 0 Å². The monoisotopic (exact) mass is 529 g/mol. The minimum absolute atomic E-state index is 0.0227. The van der Waals surface area contributed by atoms with E-state index in [-0.39, 0.29) is 12.8 Å². The van der Waals surface area contributed by atoms with Gasteiger partial charge < -0.3 is 37.5 Å². The summed E-state index contributed by atoms with van der Waals surface area (Å²) in [5.41, 5.74) is 12.7. The van der Waals surface area contributed by atoms with Gasteiger partial charge in [-0.1, -0.05) is 50.6 Å². The van der Waals surface area contributed by atoms with E-state index < -0.39 is 66.1 Å². The fourth-order valence-electron chi connectivity index (χ4n) is 3.68. The Balaban J connectivity index is 2.19. The van der Waals surface area contributed by atoms with Crippen LogP contribution in [0.5, 0.6) is 0 Å². The summed E-state index contributed by atoms with van der Waals surface area (Å²) in [7, 11) is 0. The average molecular weight is 530 g/mol. The lowest BCUT2D eigenvalue weighted by Gasteiger charge is -2.26. The number of hydrogen-bond donors (Lipinski definition) is 7. The highest BCUT2D eigenvalue weighted by atomic mass is 16.4. The van der Waals surface area contributed by atoms with Crippen LogP contribution in [-0.4, -0.2) is 68.8 Å². The smallest absolute Gasteiger partial charge is 0.326 e. The molecule has 13 nitrogen and oxygen atoms in total. The Kier molecular flexibility index (Phi) is 11.4. The van der Waals surface area contributed by atoms with Crippen molar-refractivity contribution in [2.24, 2.45) is 17.4 Å². The van der Waals surface area contributed by atoms with Gasteiger partial charge in [-0.2, -0.15) is 0 Å². The van der Waals surface area contributed by atoms with E-state index in [9.17, 15) is 29.1 Å². The summed E-state index contributed by atoms with van der Waals surface area (Å²) < 4.78 is 0. The summed E-state index contributed by atoms with van der Waals surface area (Å²) in [5, 5.41) is 16.9. The number of nitrogens with zero attached hydrogens (tertiary/aromatic N) is 1. The molecule has 1 heterocycles. The Bertz CT molecular complexity index is 1090. The molecule has 13 heteroatoms. The molecule has 0 aliphatic rings. The zero-order chi connectivity index (χ0) is 28.2. The van der Waals surface area contributed by atoms with Crippen LogP contribution in [0.2, 0.25) is 0 Å². The molecule has 38 heavy (non-hydrogen) atoms. The lowest BCUT2D eigenvalue weighted by molar-refractivity contribution is -0.144. The molecule has 0 aliphatic heterocycles. The van der Waals surface area contributed by atoms with Gasteiger partial charge in [-0.25, -0.2) is 9.78 Å². The van der Waals surface area contributed by atoms with Crippen LogP contribution in [0.3, 0.4) is 0 Å². The Labute approximate surface area is 220 Å². The lowest BCUT2D eigenvalue weighted by atomic mass is 9.98. The van der Waals surface area contributed by atoms with Gasteiger partial charge in [0, 0.05) is 18.3 Å². The third-order valence-electron chi connectivity index (χ3n) is 6.06. The number of primary amides is 1. The summed E-state index contributed by atoms with van der Waals surface area (Å²) in [6.07, 6.45) is 2.95. The molecule has 0 bridgehead atoms. The van der Waals surface area contributed by atoms with Crippen molar-refractivity contribution in [2.45, 2.75) is 63.7 Å². The molecular weight excluding hydrogens is 494 g/mol. The molecule has 0 radical (unpaired) electrons. The number of hydrogen-bond acceptors (Lipinski definition) is 7. The number of carbonyl (C=O) groups is 5. The largest absolute Gasteiger partial charge is 0.480 e. The van der Waals surface area contributed by atoms with E-state index in [0.717, 1.165) is 5.56 Å². The van der Waals surface area contributed by atoms with Crippen LogP contribution in [0.4, 0.5) is 0 Å². The van der Waals surface area contributed by atoms with Crippen molar-refractivity contribution in [1.82, 2.24) is 25.9 Å². The van der Waals surface area contributed by atoms with E-state index in [2.05, 4.69) is 25.9 Å². The highest BCUT2D eigenvalue weighted by molar-refractivity contribution is 5.96. The molecule has 206 valence electrons. The molecule has 0 saturated carbocycles. The van der Waals surface area contributed by atoms with Crippen molar-refractivity contribution in [3.63, 3.8) is 0 Å². The zero-order valence-corrected chi connectivity index (χ0v) is 21.3. The topological polar surface area (TPSA) is 222 Å². The first-order valence-corrected chi connectivity index (χ1v) is 12.2. The van der Waals surface area contributed by atoms with Gasteiger partial charge in [-0.05, 0) is 17.9 Å². The van der Waals surface area contributed by atoms with Crippen LogP contribution in [0, 0.1) is 5.92 Å². The summed E-state index contributed by atoms with van der Waals surface area (Å²) >= 11 is 0. The summed E-state index contributed by atoms with van der Waals surface area (Å²) in [5.74, 6) is -4.85. The Morgan fingerprint density at radius 2 is 1.61 bits per heavy atom. The van der Waals surface area contributed by atoms with Gasteiger partial charge in [0.25, 0.3) is 0 Å². The highest BCUT2D eigenvalue weighted by Crippen LogP contribution is 2.09. The van der Waals surface area contributed by atoms with Crippen LogP contribution < -0.4 is 27.4 Å². The second-order valence-corrected chi connectivity index (χ2v) is 9.08. The predicted octanol–water partition coefficient (Wildman–Crippen LogP) is -1.02. The first-order valence-electron chi connectivity index (χ1n) is 12.2. The lowest BCUT2D eigenvalue weighted by Crippen LogP contribution is -2.59.